The molecule has 1 heteroatoms. The van der Waals surface area contributed by atoms with Gasteiger partial charge in [0.15, 0.2) is 0 Å². The molecule has 0 atom stereocenters. The lowest BCUT2D eigenvalue weighted by atomic mass is 10.2. The van der Waals surface area contributed by atoms with Gasteiger partial charge in [-0.2, -0.15) is 0 Å². The van der Waals surface area contributed by atoms with Crippen LogP contribution in [0, 0.1) is 11.8 Å². The molecule has 0 aromatic rings. The zero-order valence-electron chi connectivity index (χ0n) is 7.45. The highest BCUT2D eigenvalue weighted by Gasteiger charge is 1.83. The highest BCUT2D eigenvalue weighted by molar-refractivity contribution is 4.98. The lowest BCUT2D eigenvalue weighted by Gasteiger charge is -1.91. The molecule has 0 rings (SSSR count). The van der Waals surface area contributed by atoms with Crippen LogP contribution in [0.25, 0.3) is 0 Å². The summed E-state index contributed by atoms with van der Waals surface area (Å²) in [6.07, 6.45) is 6.62. The summed E-state index contributed by atoms with van der Waals surface area (Å²) >= 11 is 0. The van der Waals surface area contributed by atoms with Gasteiger partial charge in [0.05, 0.1) is 0 Å². The van der Waals surface area contributed by atoms with Crippen molar-refractivity contribution in [3.8, 4) is 11.8 Å². The number of hydrogen-bond donors (Lipinski definition) is 0. The van der Waals surface area contributed by atoms with E-state index in [1.807, 2.05) is 0 Å². The molecule has 0 aliphatic rings. The lowest BCUT2D eigenvalue weighted by molar-refractivity contribution is 0.694. The average molecular weight is 152 g/mol. The fraction of sp³-hybridized carbons (Fsp3) is 0.800. The molecule has 1 nitrogen and oxygen atoms in total. The Morgan fingerprint density at radius 1 is 1.00 bits per heavy atom. The molecule has 0 aliphatic heterocycles. The second-order valence-electron chi connectivity index (χ2n) is 2.66. The van der Waals surface area contributed by atoms with Crippen LogP contribution in [-0.4, -0.2) is 6.54 Å². The molecule has 1 N–H and O–H groups in total. The normalized spacial score (nSPS) is 8.91. The van der Waals surface area contributed by atoms with Crippen LogP contribution in [0.1, 0.15) is 45.4 Å². The van der Waals surface area contributed by atoms with Crippen LogP contribution in [0.3, 0.4) is 0 Å². The van der Waals surface area contributed by atoms with Crippen LogP contribution in [0.5, 0.6) is 0 Å². The van der Waals surface area contributed by atoms with Gasteiger partial charge in [-0.25, -0.2) is 0 Å². The van der Waals surface area contributed by atoms with Crippen LogP contribution in [0.15, 0.2) is 0 Å². The minimum Gasteiger partial charge on any atom is -0.258 e. The zero-order chi connectivity index (χ0) is 8.36. The smallest absolute Gasteiger partial charge is 0.00997 e. The third kappa shape index (κ3) is 9.52. The quantitative estimate of drug-likeness (QED) is 0.427. The van der Waals surface area contributed by atoms with Gasteiger partial charge in [-0.05, 0) is 19.3 Å². The van der Waals surface area contributed by atoms with Gasteiger partial charge in [-0.15, -0.1) is 11.8 Å². The van der Waals surface area contributed by atoms with E-state index in [1.165, 1.54) is 19.3 Å². The molecule has 0 unspecified atom stereocenters. The molecule has 63 valence electrons. The van der Waals surface area contributed by atoms with E-state index in [2.05, 4.69) is 18.8 Å². The van der Waals surface area contributed by atoms with E-state index < -0.39 is 0 Å². The van der Waals surface area contributed by atoms with E-state index in [1.54, 1.807) is 0 Å². The molecule has 0 heterocycles. The van der Waals surface area contributed by atoms with Gasteiger partial charge in [-0.3, -0.25) is 5.73 Å². The summed E-state index contributed by atoms with van der Waals surface area (Å²) in [6, 6.07) is 0. The first kappa shape index (κ1) is 10.5. The van der Waals surface area contributed by atoms with Crippen molar-refractivity contribution in [2.45, 2.75) is 45.4 Å². The predicted molar refractivity (Wildman–Crippen MR) is 49.1 cm³/mol. The molecule has 1 radical (unpaired) electrons. The van der Waals surface area contributed by atoms with Gasteiger partial charge < -0.3 is 0 Å². The summed E-state index contributed by atoms with van der Waals surface area (Å²) in [5.74, 6) is 6.25. The largest absolute Gasteiger partial charge is 0.258 e. The Kier molecular flexibility index (Phi) is 9.10. The highest BCUT2D eigenvalue weighted by atomic mass is 14.5. The lowest BCUT2D eigenvalue weighted by Crippen LogP contribution is -1.83. The third-order valence-electron chi connectivity index (χ3n) is 1.48. The van der Waals surface area contributed by atoms with Crippen LogP contribution >= 0.6 is 0 Å². The molecule has 11 heavy (non-hydrogen) atoms. The summed E-state index contributed by atoms with van der Waals surface area (Å²) in [5, 5.41) is 0. The molecular formula is C10H18N. The number of rotatable bonds is 5. The van der Waals surface area contributed by atoms with Crippen molar-refractivity contribution >= 4 is 0 Å². The summed E-state index contributed by atoms with van der Waals surface area (Å²) in [7, 11) is 0. The van der Waals surface area contributed by atoms with Crippen molar-refractivity contribution in [2.75, 3.05) is 6.54 Å². The molecule has 0 fully saturated rings. The Bertz CT molecular complexity index is 119. The number of nitrogens with one attached hydrogen (secondary N) is 1. The molecule has 0 saturated carbocycles. The maximum Gasteiger partial charge on any atom is 0.00997 e. The predicted octanol–water partition coefficient (Wildman–Crippen LogP) is 2.63. The molecule has 0 saturated heterocycles. The summed E-state index contributed by atoms with van der Waals surface area (Å²) in [6.45, 7) is 2.72. The Morgan fingerprint density at radius 2 is 1.73 bits per heavy atom. The maximum absolute atomic E-state index is 6.91. The van der Waals surface area contributed by atoms with E-state index in [-0.39, 0.29) is 0 Å². The average Bonchev–Trinajstić information content (AvgIpc) is 2.03. The third-order valence-corrected chi connectivity index (χ3v) is 1.48. The highest BCUT2D eigenvalue weighted by Crippen LogP contribution is 1.97. The number of unbranched alkanes of at least 4 members (excludes halogenated alkanes) is 4. The van der Waals surface area contributed by atoms with Crippen molar-refractivity contribution in [3.05, 3.63) is 0 Å². The molecular weight excluding hydrogens is 134 g/mol. The van der Waals surface area contributed by atoms with E-state index in [0.29, 0.717) is 6.54 Å². The number of hydrogen-bond acceptors (Lipinski definition) is 0. The molecule has 0 bridgehead atoms. The van der Waals surface area contributed by atoms with Crippen molar-refractivity contribution in [2.24, 2.45) is 0 Å². The molecule has 0 spiro atoms. The second-order valence-corrected chi connectivity index (χ2v) is 2.66. The van der Waals surface area contributed by atoms with Crippen molar-refractivity contribution < 1.29 is 0 Å². The van der Waals surface area contributed by atoms with Gasteiger partial charge in [-0.1, -0.05) is 13.3 Å². The van der Waals surface area contributed by atoms with Gasteiger partial charge >= 0.3 is 0 Å². The molecule has 0 amide bonds. The Morgan fingerprint density at radius 3 is 2.36 bits per heavy atom. The zero-order valence-corrected chi connectivity index (χ0v) is 7.45. The van der Waals surface area contributed by atoms with Crippen LogP contribution in [0.2, 0.25) is 0 Å². The summed E-state index contributed by atoms with van der Waals surface area (Å²) in [4.78, 5) is 0. The molecule has 0 aromatic carbocycles. The second kappa shape index (κ2) is 9.52. The standard InChI is InChI=1S/C10H18N/c1-2-3-4-5-6-7-8-9-10-11/h11H,2-3,6-10H2,1H3. The van der Waals surface area contributed by atoms with E-state index in [0.717, 1.165) is 19.3 Å². The Hall–Kier alpha value is -0.480. The van der Waals surface area contributed by atoms with E-state index >= 15 is 0 Å². The minimum absolute atomic E-state index is 0.572. The summed E-state index contributed by atoms with van der Waals surface area (Å²) in [5.41, 5.74) is 6.91. The Labute approximate surface area is 70.4 Å². The fourth-order valence-corrected chi connectivity index (χ4v) is 0.817. The topological polar surface area (TPSA) is 23.8 Å². The fourth-order valence-electron chi connectivity index (χ4n) is 0.817. The minimum atomic E-state index is 0.572. The van der Waals surface area contributed by atoms with Gasteiger partial charge in [0, 0.05) is 19.4 Å². The monoisotopic (exact) mass is 152 g/mol. The van der Waals surface area contributed by atoms with Crippen molar-refractivity contribution in [3.63, 3.8) is 0 Å². The van der Waals surface area contributed by atoms with Crippen LogP contribution in [0.4, 0.5) is 0 Å². The van der Waals surface area contributed by atoms with E-state index in [9.17, 15) is 0 Å². The first-order valence-corrected chi connectivity index (χ1v) is 4.52. The summed E-state index contributed by atoms with van der Waals surface area (Å²) < 4.78 is 0. The van der Waals surface area contributed by atoms with Crippen LogP contribution in [-0.2, 0) is 0 Å². The van der Waals surface area contributed by atoms with Crippen LogP contribution < -0.4 is 5.73 Å². The van der Waals surface area contributed by atoms with Gasteiger partial charge in [0.2, 0.25) is 0 Å². The maximum atomic E-state index is 6.91. The van der Waals surface area contributed by atoms with E-state index in [4.69, 9.17) is 5.73 Å². The first-order chi connectivity index (χ1) is 5.41. The van der Waals surface area contributed by atoms with Gasteiger partial charge in [0.1, 0.15) is 0 Å². The molecule has 0 aromatic heterocycles. The molecule has 0 aliphatic carbocycles. The Balaban J connectivity index is 2.96. The van der Waals surface area contributed by atoms with Crippen molar-refractivity contribution in [1.29, 1.82) is 0 Å². The van der Waals surface area contributed by atoms with Crippen molar-refractivity contribution in [1.82, 2.24) is 5.73 Å². The SMILES string of the molecule is CCCC#CCCCCC[NH]. The van der Waals surface area contributed by atoms with Gasteiger partial charge in [0.25, 0.3) is 0 Å². The first-order valence-electron chi connectivity index (χ1n) is 4.52.